The molecule has 1 saturated heterocycles. The van der Waals surface area contributed by atoms with Crippen LogP contribution in [0.3, 0.4) is 0 Å². The summed E-state index contributed by atoms with van der Waals surface area (Å²) in [7, 11) is 0. The Morgan fingerprint density at radius 3 is 2.69 bits per heavy atom. The van der Waals surface area contributed by atoms with Crippen LogP contribution in [0.1, 0.15) is 25.3 Å². The Morgan fingerprint density at radius 2 is 2.06 bits per heavy atom. The number of carbonyl (C=O) groups excluding carboxylic acids is 1. The number of rotatable bonds is 3. The highest BCUT2D eigenvalue weighted by Gasteiger charge is 2.35. The maximum absolute atomic E-state index is 11.8. The Bertz CT molecular complexity index is 363. The van der Waals surface area contributed by atoms with Gasteiger partial charge in [0, 0.05) is 25.0 Å². The lowest BCUT2D eigenvalue weighted by Crippen LogP contribution is -2.39. The first-order chi connectivity index (χ1) is 7.72. The highest BCUT2D eigenvalue weighted by atomic mass is 16.2. The fraction of sp³-hybridized carbons (Fsp3) is 0.462. The van der Waals surface area contributed by atoms with Gasteiger partial charge in [-0.25, -0.2) is 0 Å². The molecule has 1 aliphatic rings. The minimum atomic E-state index is 0.00112. The molecule has 1 amide bonds. The van der Waals surface area contributed by atoms with Crippen molar-refractivity contribution in [3.63, 3.8) is 0 Å². The summed E-state index contributed by atoms with van der Waals surface area (Å²) in [6.07, 6.45) is 1.42. The number of hydrogen-bond acceptors (Lipinski definition) is 2. The number of hydrogen-bond donors (Lipinski definition) is 1. The van der Waals surface area contributed by atoms with Crippen LogP contribution in [0.2, 0.25) is 0 Å². The van der Waals surface area contributed by atoms with Gasteiger partial charge >= 0.3 is 0 Å². The summed E-state index contributed by atoms with van der Waals surface area (Å²) >= 11 is 0. The van der Waals surface area contributed by atoms with E-state index in [1.165, 1.54) is 5.56 Å². The van der Waals surface area contributed by atoms with Crippen molar-refractivity contribution in [1.82, 2.24) is 4.90 Å². The Labute approximate surface area is 96.2 Å². The van der Waals surface area contributed by atoms with Gasteiger partial charge in [0.15, 0.2) is 0 Å². The average molecular weight is 218 g/mol. The lowest BCUT2D eigenvalue weighted by atomic mass is 10.1. The van der Waals surface area contributed by atoms with Crippen molar-refractivity contribution >= 4 is 5.91 Å². The Hall–Kier alpha value is -1.35. The molecule has 0 aliphatic carbocycles. The minimum Gasteiger partial charge on any atom is -0.334 e. The highest BCUT2D eigenvalue weighted by Crippen LogP contribution is 2.22. The van der Waals surface area contributed by atoms with E-state index in [2.05, 4.69) is 6.92 Å². The van der Waals surface area contributed by atoms with Gasteiger partial charge < -0.3 is 10.6 Å². The van der Waals surface area contributed by atoms with E-state index in [0.717, 1.165) is 6.42 Å². The zero-order valence-electron chi connectivity index (χ0n) is 9.60. The molecule has 0 spiro atoms. The molecule has 86 valence electrons. The second kappa shape index (κ2) is 4.66. The summed E-state index contributed by atoms with van der Waals surface area (Å²) in [5.41, 5.74) is 7.13. The van der Waals surface area contributed by atoms with Gasteiger partial charge in [-0.05, 0) is 12.0 Å². The van der Waals surface area contributed by atoms with Crippen molar-refractivity contribution in [2.75, 3.05) is 0 Å². The van der Waals surface area contributed by atoms with E-state index in [1.54, 1.807) is 0 Å². The molecular formula is C13H18N2O. The third-order valence-electron chi connectivity index (χ3n) is 3.24. The molecule has 1 fully saturated rings. The van der Waals surface area contributed by atoms with Crippen LogP contribution in [0.15, 0.2) is 30.3 Å². The standard InChI is InChI=1S/C13H18N2O/c1-2-12-11(14)8-13(16)15(12)9-10-6-4-3-5-7-10/h3-7,11-12H,2,8-9,14H2,1H3. The summed E-state index contributed by atoms with van der Waals surface area (Å²) in [6.45, 7) is 2.77. The van der Waals surface area contributed by atoms with Gasteiger partial charge in [0.25, 0.3) is 0 Å². The van der Waals surface area contributed by atoms with E-state index < -0.39 is 0 Å². The van der Waals surface area contributed by atoms with E-state index in [4.69, 9.17) is 5.73 Å². The van der Waals surface area contributed by atoms with E-state index in [0.29, 0.717) is 13.0 Å². The number of likely N-dealkylation sites (tertiary alicyclic amines) is 1. The Morgan fingerprint density at radius 1 is 1.38 bits per heavy atom. The summed E-state index contributed by atoms with van der Waals surface area (Å²) in [5, 5.41) is 0. The first-order valence-electron chi connectivity index (χ1n) is 5.81. The molecule has 1 aromatic carbocycles. The fourth-order valence-electron chi connectivity index (χ4n) is 2.38. The first kappa shape index (κ1) is 11.1. The molecule has 0 bridgehead atoms. The second-order valence-electron chi connectivity index (χ2n) is 4.35. The molecule has 2 atom stereocenters. The average Bonchev–Trinajstić information content (AvgIpc) is 2.55. The summed E-state index contributed by atoms with van der Waals surface area (Å²) in [5.74, 6) is 0.184. The SMILES string of the molecule is CCC1C(N)CC(=O)N1Cc1ccccc1. The van der Waals surface area contributed by atoms with Gasteiger partial charge in [-0.15, -0.1) is 0 Å². The van der Waals surface area contributed by atoms with Crippen LogP contribution in [0, 0.1) is 0 Å². The van der Waals surface area contributed by atoms with Crippen LogP contribution in [-0.4, -0.2) is 22.9 Å². The van der Waals surface area contributed by atoms with Gasteiger partial charge in [0.1, 0.15) is 0 Å². The molecule has 2 rings (SSSR count). The summed E-state index contributed by atoms with van der Waals surface area (Å²) < 4.78 is 0. The van der Waals surface area contributed by atoms with Crippen LogP contribution >= 0.6 is 0 Å². The first-order valence-corrected chi connectivity index (χ1v) is 5.81. The van der Waals surface area contributed by atoms with E-state index in [-0.39, 0.29) is 18.0 Å². The minimum absolute atomic E-state index is 0.00112. The van der Waals surface area contributed by atoms with Gasteiger partial charge in [0.2, 0.25) is 5.91 Å². The van der Waals surface area contributed by atoms with E-state index in [1.807, 2.05) is 35.2 Å². The lowest BCUT2D eigenvalue weighted by molar-refractivity contribution is -0.129. The fourth-order valence-corrected chi connectivity index (χ4v) is 2.38. The molecule has 1 heterocycles. The third-order valence-corrected chi connectivity index (χ3v) is 3.24. The van der Waals surface area contributed by atoms with Crippen molar-refractivity contribution in [2.45, 2.75) is 38.4 Å². The number of benzene rings is 1. The Kier molecular flexibility index (Phi) is 3.25. The van der Waals surface area contributed by atoms with Crippen LogP contribution < -0.4 is 5.73 Å². The zero-order chi connectivity index (χ0) is 11.5. The molecule has 3 nitrogen and oxygen atoms in total. The van der Waals surface area contributed by atoms with Gasteiger partial charge in [-0.3, -0.25) is 4.79 Å². The molecule has 0 saturated carbocycles. The topological polar surface area (TPSA) is 46.3 Å². The third kappa shape index (κ3) is 2.09. The van der Waals surface area contributed by atoms with Crippen molar-refractivity contribution in [2.24, 2.45) is 5.73 Å². The van der Waals surface area contributed by atoms with Crippen LogP contribution in [0.25, 0.3) is 0 Å². The van der Waals surface area contributed by atoms with Gasteiger partial charge in [0.05, 0.1) is 0 Å². The molecule has 1 aliphatic heterocycles. The van der Waals surface area contributed by atoms with Crippen LogP contribution in [-0.2, 0) is 11.3 Å². The summed E-state index contributed by atoms with van der Waals surface area (Å²) in [4.78, 5) is 13.7. The lowest BCUT2D eigenvalue weighted by Gasteiger charge is -2.25. The van der Waals surface area contributed by atoms with Crippen LogP contribution in [0.4, 0.5) is 0 Å². The smallest absolute Gasteiger partial charge is 0.224 e. The van der Waals surface area contributed by atoms with Crippen molar-refractivity contribution < 1.29 is 4.79 Å². The zero-order valence-corrected chi connectivity index (χ0v) is 9.60. The van der Waals surface area contributed by atoms with Crippen molar-refractivity contribution in [3.8, 4) is 0 Å². The predicted molar refractivity (Wildman–Crippen MR) is 63.7 cm³/mol. The maximum Gasteiger partial charge on any atom is 0.224 e. The summed E-state index contributed by atoms with van der Waals surface area (Å²) in [6, 6.07) is 10.3. The molecular weight excluding hydrogens is 200 g/mol. The van der Waals surface area contributed by atoms with E-state index >= 15 is 0 Å². The monoisotopic (exact) mass is 218 g/mol. The maximum atomic E-state index is 11.8. The Balaban J connectivity index is 2.11. The van der Waals surface area contributed by atoms with Gasteiger partial charge in [-0.1, -0.05) is 37.3 Å². The number of amides is 1. The quantitative estimate of drug-likeness (QED) is 0.836. The van der Waals surface area contributed by atoms with Gasteiger partial charge in [-0.2, -0.15) is 0 Å². The van der Waals surface area contributed by atoms with E-state index in [9.17, 15) is 4.79 Å². The second-order valence-corrected chi connectivity index (χ2v) is 4.35. The van der Waals surface area contributed by atoms with Crippen molar-refractivity contribution in [3.05, 3.63) is 35.9 Å². The van der Waals surface area contributed by atoms with Crippen molar-refractivity contribution in [1.29, 1.82) is 0 Å². The largest absolute Gasteiger partial charge is 0.334 e. The normalized spacial score (nSPS) is 25.1. The predicted octanol–water partition coefficient (Wildman–Crippen LogP) is 1.52. The highest BCUT2D eigenvalue weighted by molar-refractivity contribution is 5.80. The molecule has 0 radical (unpaired) electrons. The number of carbonyl (C=O) groups is 1. The molecule has 0 aromatic heterocycles. The molecule has 1 aromatic rings. The molecule has 2 N–H and O–H groups in total. The number of nitrogens with zero attached hydrogens (tertiary/aromatic N) is 1. The van der Waals surface area contributed by atoms with Crippen LogP contribution in [0.5, 0.6) is 0 Å². The molecule has 3 heteroatoms. The molecule has 16 heavy (non-hydrogen) atoms. The molecule has 2 unspecified atom stereocenters. The number of nitrogens with two attached hydrogens (primary N) is 1.